The van der Waals surface area contributed by atoms with Crippen LogP contribution in [0.5, 0.6) is 5.75 Å². The highest BCUT2D eigenvalue weighted by atomic mass is 35.5. The highest BCUT2D eigenvalue weighted by Crippen LogP contribution is 2.17. The maximum atomic E-state index is 9.68. The van der Waals surface area contributed by atoms with E-state index in [0.29, 0.717) is 24.0 Å². The van der Waals surface area contributed by atoms with E-state index < -0.39 is 0 Å². The van der Waals surface area contributed by atoms with Gasteiger partial charge < -0.3 is 15.4 Å². The van der Waals surface area contributed by atoms with Crippen molar-refractivity contribution >= 4 is 11.6 Å². The van der Waals surface area contributed by atoms with Crippen molar-refractivity contribution in [3.8, 4) is 5.75 Å². The number of imidazole rings is 1. The first kappa shape index (κ1) is 14.9. The number of H-pyrrole nitrogens is 1. The zero-order valence-corrected chi connectivity index (χ0v) is 12.4. The van der Waals surface area contributed by atoms with Gasteiger partial charge in [-0.1, -0.05) is 43.1 Å². The molecule has 0 amide bonds. The highest BCUT2D eigenvalue weighted by molar-refractivity contribution is 6.30. The van der Waals surface area contributed by atoms with E-state index >= 15 is 0 Å². The highest BCUT2D eigenvalue weighted by Gasteiger charge is 2.08. The number of nitrogens with zero attached hydrogens (tertiary/aromatic N) is 1. The monoisotopic (exact) mass is 293 g/mol. The van der Waals surface area contributed by atoms with E-state index in [1.165, 1.54) is 0 Å². The summed E-state index contributed by atoms with van der Waals surface area (Å²) < 4.78 is 0. The third-order valence-electron chi connectivity index (χ3n) is 3.15. The zero-order chi connectivity index (χ0) is 14.4. The molecule has 1 heterocycles. The number of aromatic amines is 1. The molecule has 4 nitrogen and oxygen atoms in total. The van der Waals surface area contributed by atoms with E-state index in [9.17, 15) is 5.11 Å². The number of halogens is 1. The summed E-state index contributed by atoms with van der Waals surface area (Å²) in [5.74, 6) is 1.25. The van der Waals surface area contributed by atoms with Crippen LogP contribution in [0.15, 0.2) is 24.3 Å². The van der Waals surface area contributed by atoms with Crippen molar-refractivity contribution in [2.75, 3.05) is 0 Å². The molecule has 5 heteroatoms. The van der Waals surface area contributed by atoms with E-state index in [-0.39, 0.29) is 0 Å². The summed E-state index contributed by atoms with van der Waals surface area (Å²) in [5.41, 5.74) is 1.77. The number of aromatic nitrogens is 2. The molecule has 0 saturated carbocycles. The Morgan fingerprint density at radius 1 is 1.30 bits per heavy atom. The molecular weight excluding hydrogens is 274 g/mol. The van der Waals surface area contributed by atoms with Gasteiger partial charge in [-0.25, -0.2) is 4.98 Å². The van der Waals surface area contributed by atoms with Crippen molar-refractivity contribution in [3.63, 3.8) is 0 Å². The molecule has 0 spiro atoms. The lowest BCUT2D eigenvalue weighted by atomic mass is 10.2. The van der Waals surface area contributed by atoms with Gasteiger partial charge in [-0.2, -0.15) is 0 Å². The van der Waals surface area contributed by atoms with Crippen molar-refractivity contribution < 1.29 is 5.11 Å². The molecule has 2 aromatic rings. The van der Waals surface area contributed by atoms with Crippen LogP contribution in [0.1, 0.15) is 36.8 Å². The molecule has 0 unspecified atom stereocenters. The Morgan fingerprint density at radius 2 is 2.10 bits per heavy atom. The first-order valence-electron chi connectivity index (χ1n) is 6.91. The summed E-state index contributed by atoms with van der Waals surface area (Å²) in [6.07, 6.45) is 3.17. The Labute approximate surface area is 124 Å². The molecule has 0 bridgehead atoms. The number of unbranched alkanes of at least 4 members (excludes halogenated alkanes) is 1. The number of phenols is 1. The summed E-state index contributed by atoms with van der Waals surface area (Å²) in [7, 11) is 0. The minimum atomic E-state index is 0.305. The third-order valence-corrected chi connectivity index (χ3v) is 3.47. The average Bonchev–Trinajstić information content (AvgIpc) is 2.79. The van der Waals surface area contributed by atoms with Crippen molar-refractivity contribution in [1.82, 2.24) is 15.3 Å². The Morgan fingerprint density at radius 3 is 2.85 bits per heavy atom. The van der Waals surface area contributed by atoms with E-state index in [1.807, 2.05) is 18.2 Å². The molecule has 0 atom stereocenters. The summed E-state index contributed by atoms with van der Waals surface area (Å²) in [5, 5.41) is 13.5. The number of aromatic hydroxyl groups is 1. The number of hydrogen-bond acceptors (Lipinski definition) is 3. The predicted octanol–water partition coefficient (Wildman–Crippen LogP) is 3.40. The van der Waals surface area contributed by atoms with Crippen LogP contribution in [0.25, 0.3) is 0 Å². The van der Waals surface area contributed by atoms with Crippen molar-refractivity contribution in [2.45, 2.75) is 39.3 Å². The van der Waals surface area contributed by atoms with E-state index in [2.05, 4.69) is 22.2 Å². The Hall–Kier alpha value is -1.52. The second kappa shape index (κ2) is 7.31. The Balaban J connectivity index is 1.88. The lowest BCUT2D eigenvalue weighted by Gasteiger charge is -2.05. The second-order valence-corrected chi connectivity index (χ2v) is 5.15. The molecule has 0 aliphatic carbocycles. The Kier molecular flexibility index (Phi) is 5.44. The fraction of sp³-hybridized carbons (Fsp3) is 0.400. The van der Waals surface area contributed by atoms with Gasteiger partial charge in [0, 0.05) is 25.1 Å². The molecule has 1 aromatic heterocycles. The van der Waals surface area contributed by atoms with Gasteiger partial charge in [0.2, 0.25) is 0 Å². The van der Waals surface area contributed by atoms with Crippen LogP contribution in [0.4, 0.5) is 0 Å². The summed E-state index contributed by atoms with van der Waals surface area (Å²) in [6, 6.07) is 7.29. The van der Waals surface area contributed by atoms with Crippen molar-refractivity contribution in [1.29, 1.82) is 0 Å². The minimum Gasteiger partial charge on any atom is -0.508 e. The van der Waals surface area contributed by atoms with Gasteiger partial charge in [-0.05, 0) is 12.5 Å². The van der Waals surface area contributed by atoms with Gasteiger partial charge in [0.05, 0.1) is 5.69 Å². The lowest BCUT2D eigenvalue weighted by molar-refractivity contribution is 0.464. The van der Waals surface area contributed by atoms with Crippen LogP contribution >= 0.6 is 11.6 Å². The van der Waals surface area contributed by atoms with Crippen LogP contribution in [0.3, 0.4) is 0 Å². The maximum absolute atomic E-state index is 9.68. The molecular formula is C15H20ClN3O. The quantitative estimate of drug-likeness (QED) is 0.733. The maximum Gasteiger partial charge on any atom is 0.151 e. The standard InChI is InChI=1S/C15H20ClN3O/c1-2-3-8-14-18-12(15(16)19-14)10-17-9-11-6-4-5-7-13(11)20/h4-7,17,20H,2-3,8-10H2,1H3,(H,18,19). The van der Waals surface area contributed by atoms with E-state index in [0.717, 1.165) is 36.3 Å². The molecule has 0 aliphatic heterocycles. The van der Waals surface area contributed by atoms with Gasteiger partial charge in [-0.15, -0.1) is 0 Å². The first-order chi connectivity index (χ1) is 9.70. The number of para-hydroxylation sites is 1. The second-order valence-electron chi connectivity index (χ2n) is 4.79. The SMILES string of the molecule is CCCCc1nc(Cl)c(CNCc2ccccc2O)[nH]1. The molecule has 0 saturated heterocycles. The number of benzene rings is 1. The molecule has 20 heavy (non-hydrogen) atoms. The first-order valence-corrected chi connectivity index (χ1v) is 7.29. The van der Waals surface area contributed by atoms with Crippen LogP contribution < -0.4 is 5.32 Å². The smallest absolute Gasteiger partial charge is 0.151 e. The number of nitrogens with one attached hydrogen (secondary N) is 2. The number of hydrogen-bond donors (Lipinski definition) is 3. The van der Waals surface area contributed by atoms with Gasteiger partial charge in [0.15, 0.2) is 5.15 Å². The average molecular weight is 294 g/mol. The van der Waals surface area contributed by atoms with Gasteiger partial charge in [0.1, 0.15) is 11.6 Å². The summed E-state index contributed by atoms with van der Waals surface area (Å²) in [4.78, 5) is 7.56. The fourth-order valence-corrected chi connectivity index (χ4v) is 2.22. The number of phenolic OH excluding ortho intramolecular Hbond substituents is 1. The zero-order valence-electron chi connectivity index (χ0n) is 11.6. The molecule has 108 valence electrons. The molecule has 1 aromatic carbocycles. The minimum absolute atomic E-state index is 0.305. The van der Waals surface area contributed by atoms with E-state index in [1.54, 1.807) is 6.07 Å². The number of aryl methyl sites for hydroxylation is 1. The van der Waals surface area contributed by atoms with Crippen LogP contribution in [0.2, 0.25) is 5.15 Å². The molecule has 2 rings (SSSR count). The van der Waals surface area contributed by atoms with Crippen molar-refractivity contribution in [2.24, 2.45) is 0 Å². The third kappa shape index (κ3) is 3.99. The van der Waals surface area contributed by atoms with Crippen molar-refractivity contribution in [3.05, 3.63) is 46.5 Å². The normalized spacial score (nSPS) is 10.9. The lowest BCUT2D eigenvalue weighted by Crippen LogP contribution is -2.13. The molecule has 0 fully saturated rings. The molecule has 3 N–H and O–H groups in total. The van der Waals surface area contributed by atoms with Crippen LogP contribution in [0, 0.1) is 0 Å². The van der Waals surface area contributed by atoms with Gasteiger partial charge in [0.25, 0.3) is 0 Å². The summed E-state index contributed by atoms with van der Waals surface area (Å²) >= 11 is 6.11. The number of rotatable bonds is 7. The topological polar surface area (TPSA) is 60.9 Å². The van der Waals surface area contributed by atoms with Crippen LogP contribution in [-0.2, 0) is 19.5 Å². The molecule has 0 aliphatic rings. The summed E-state index contributed by atoms with van der Waals surface area (Å²) in [6.45, 7) is 3.35. The predicted molar refractivity (Wildman–Crippen MR) is 80.9 cm³/mol. The van der Waals surface area contributed by atoms with Crippen LogP contribution in [-0.4, -0.2) is 15.1 Å². The van der Waals surface area contributed by atoms with Gasteiger partial charge >= 0.3 is 0 Å². The fourth-order valence-electron chi connectivity index (χ4n) is 2.00. The van der Waals surface area contributed by atoms with E-state index in [4.69, 9.17) is 11.6 Å². The Bertz CT molecular complexity index is 554. The largest absolute Gasteiger partial charge is 0.508 e. The molecule has 0 radical (unpaired) electrons. The van der Waals surface area contributed by atoms with Gasteiger partial charge in [-0.3, -0.25) is 0 Å².